The number of hydrogen-bond acceptors (Lipinski definition) is 8. The first-order valence-corrected chi connectivity index (χ1v) is 10.3. The molecule has 6 heterocycles. The van der Waals surface area contributed by atoms with E-state index in [1.165, 1.54) is 6.07 Å². The second-order valence-electron chi connectivity index (χ2n) is 8.32. The van der Waals surface area contributed by atoms with E-state index in [9.17, 15) is 13.2 Å². The zero-order valence-corrected chi connectivity index (χ0v) is 17.5. The number of hydrogen-bond donors (Lipinski definition) is 2. The molecule has 0 radical (unpaired) electrons. The van der Waals surface area contributed by atoms with Gasteiger partial charge in [0.1, 0.15) is 11.5 Å². The fraction of sp³-hybridized carbons (Fsp3) is 0.429. The lowest BCUT2D eigenvalue weighted by Crippen LogP contribution is -2.57. The topological polar surface area (TPSA) is 102 Å². The maximum Gasteiger partial charge on any atom is 0.433 e. The monoisotopic (exact) mass is 445 g/mol. The Bertz CT molecular complexity index is 1170. The lowest BCUT2D eigenvalue weighted by Gasteiger charge is -2.47. The summed E-state index contributed by atoms with van der Waals surface area (Å²) in [6, 6.07) is 3.59. The number of morpholine rings is 1. The van der Waals surface area contributed by atoms with Gasteiger partial charge in [-0.25, -0.2) is 9.97 Å². The van der Waals surface area contributed by atoms with Gasteiger partial charge in [0.2, 0.25) is 0 Å². The molecule has 0 spiro atoms. The number of alkyl halides is 3. The first kappa shape index (κ1) is 20.7. The van der Waals surface area contributed by atoms with Crippen molar-refractivity contribution in [3.8, 4) is 0 Å². The van der Waals surface area contributed by atoms with E-state index < -0.39 is 17.9 Å². The highest BCUT2D eigenvalue weighted by Crippen LogP contribution is 2.34. The number of nitrogens with one attached hydrogen (secondary N) is 1. The normalized spacial score (nSPS) is 21.3. The van der Waals surface area contributed by atoms with Crippen LogP contribution in [0.25, 0.3) is 10.8 Å². The van der Waals surface area contributed by atoms with Gasteiger partial charge in [0.25, 0.3) is 0 Å². The number of halogens is 3. The van der Waals surface area contributed by atoms with Crippen molar-refractivity contribution in [2.75, 3.05) is 29.0 Å². The van der Waals surface area contributed by atoms with Gasteiger partial charge in [0.05, 0.1) is 29.6 Å². The first-order valence-electron chi connectivity index (χ1n) is 10.3. The van der Waals surface area contributed by atoms with Gasteiger partial charge in [-0.3, -0.25) is 0 Å². The van der Waals surface area contributed by atoms with Crippen LogP contribution in [-0.4, -0.2) is 45.5 Å². The minimum atomic E-state index is -4.58. The maximum atomic E-state index is 13.2. The number of aromatic nitrogens is 4. The Hall–Kier alpha value is -3.21. The average molecular weight is 445 g/mol. The van der Waals surface area contributed by atoms with E-state index in [0.717, 1.165) is 42.2 Å². The highest BCUT2D eigenvalue weighted by Gasteiger charge is 2.39. The smallest absolute Gasteiger partial charge is 0.399 e. The molecule has 11 heteroatoms. The van der Waals surface area contributed by atoms with Crippen molar-refractivity contribution in [3.63, 3.8) is 0 Å². The SMILES string of the molecule is Cc1nnc(N[C@H](C)c2cc(N)cc(C(F)(F)F)n2)c2cc(N3CC4CC(C3)O4)ncc12. The quantitative estimate of drug-likeness (QED) is 0.629. The molecular weight excluding hydrogens is 423 g/mol. The van der Waals surface area contributed by atoms with Crippen molar-refractivity contribution in [3.05, 3.63) is 41.5 Å². The summed E-state index contributed by atoms with van der Waals surface area (Å²) in [7, 11) is 0. The summed E-state index contributed by atoms with van der Waals surface area (Å²) in [6.45, 7) is 5.09. The van der Waals surface area contributed by atoms with Crippen LogP contribution in [0.15, 0.2) is 24.4 Å². The molecule has 0 aliphatic carbocycles. The fourth-order valence-corrected chi connectivity index (χ4v) is 4.20. The summed E-state index contributed by atoms with van der Waals surface area (Å²) in [5.74, 6) is 1.25. The van der Waals surface area contributed by atoms with Gasteiger partial charge in [-0.05, 0) is 32.0 Å². The fourth-order valence-electron chi connectivity index (χ4n) is 4.20. The summed E-state index contributed by atoms with van der Waals surface area (Å²) in [4.78, 5) is 10.5. The summed E-state index contributed by atoms with van der Waals surface area (Å²) in [5.41, 5.74) is 5.53. The molecule has 3 fully saturated rings. The number of anilines is 3. The first-order chi connectivity index (χ1) is 15.2. The van der Waals surface area contributed by atoms with Crippen molar-refractivity contribution in [2.45, 2.75) is 44.7 Å². The molecule has 3 N–H and O–H groups in total. The van der Waals surface area contributed by atoms with Crippen molar-refractivity contribution in [1.82, 2.24) is 20.2 Å². The third kappa shape index (κ3) is 3.77. The Morgan fingerprint density at radius 1 is 1.16 bits per heavy atom. The Kier molecular flexibility index (Phi) is 4.81. The van der Waals surface area contributed by atoms with E-state index in [2.05, 4.69) is 30.4 Å². The van der Waals surface area contributed by atoms with E-state index in [1.54, 1.807) is 13.1 Å². The number of piperidine rings is 1. The summed E-state index contributed by atoms with van der Waals surface area (Å²) in [6.07, 6.45) is -1.28. The van der Waals surface area contributed by atoms with Gasteiger partial charge in [-0.15, -0.1) is 5.10 Å². The van der Waals surface area contributed by atoms with Crippen LogP contribution >= 0.6 is 0 Å². The van der Waals surface area contributed by atoms with E-state index in [4.69, 9.17) is 10.5 Å². The lowest BCUT2D eigenvalue weighted by atomic mass is 9.99. The Balaban J connectivity index is 1.48. The van der Waals surface area contributed by atoms with E-state index in [-0.39, 0.29) is 23.6 Å². The lowest BCUT2D eigenvalue weighted by molar-refractivity contribution is -0.141. The van der Waals surface area contributed by atoms with Gasteiger partial charge < -0.3 is 20.7 Å². The molecular formula is C21H22F3N7O. The van der Waals surface area contributed by atoms with Crippen LogP contribution in [0.4, 0.5) is 30.5 Å². The number of aryl methyl sites for hydroxylation is 1. The number of pyridine rings is 2. The molecule has 32 heavy (non-hydrogen) atoms. The molecule has 168 valence electrons. The third-order valence-electron chi connectivity index (χ3n) is 5.87. The van der Waals surface area contributed by atoms with Crippen molar-refractivity contribution in [1.29, 1.82) is 0 Å². The number of nitrogens with two attached hydrogens (primary N) is 1. The molecule has 2 bridgehead atoms. The highest BCUT2D eigenvalue weighted by atomic mass is 19.4. The van der Waals surface area contributed by atoms with Gasteiger partial charge in [0.15, 0.2) is 5.82 Å². The van der Waals surface area contributed by atoms with E-state index in [1.807, 2.05) is 13.0 Å². The third-order valence-corrected chi connectivity index (χ3v) is 5.87. The zero-order chi connectivity index (χ0) is 22.6. The standard InChI is InChI=1S/C21H22F3N7O/c1-10-16-7-26-19(31-8-13-5-14(9-31)32-13)6-15(16)20(30-29-10)27-11(2)17-3-12(25)4-18(28-17)21(22,23)24/h3-4,6-7,11,13-14H,5,8-9H2,1-2H3,(H2,25,28)(H,27,30)/t11-,13?,14?/m1/s1. The van der Waals surface area contributed by atoms with Crippen molar-refractivity contribution in [2.24, 2.45) is 0 Å². The average Bonchev–Trinajstić information content (AvgIpc) is 2.74. The molecule has 0 aromatic carbocycles. The molecule has 3 atom stereocenters. The molecule has 3 aliphatic heterocycles. The second-order valence-corrected chi connectivity index (χ2v) is 8.32. The van der Waals surface area contributed by atoms with E-state index in [0.29, 0.717) is 11.5 Å². The Morgan fingerprint density at radius 3 is 2.56 bits per heavy atom. The zero-order valence-electron chi connectivity index (χ0n) is 17.5. The molecule has 3 saturated heterocycles. The van der Waals surface area contributed by atoms with Crippen LogP contribution < -0.4 is 16.0 Å². The van der Waals surface area contributed by atoms with Crippen molar-refractivity contribution >= 4 is 28.1 Å². The Labute approximate surface area is 182 Å². The number of nitrogens with zero attached hydrogens (tertiary/aromatic N) is 5. The van der Waals surface area contributed by atoms with Crippen LogP contribution in [0.3, 0.4) is 0 Å². The predicted molar refractivity (Wildman–Crippen MR) is 113 cm³/mol. The molecule has 3 aromatic heterocycles. The maximum absolute atomic E-state index is 13.2. The summed E-state index contributed by atoms with van der Waals surface area (Å²) in [5, 5.41) is 13.2. The molecule has 0 amide bonds. The Morgan fingerprint density at radius 2 is 1.88 bits per heavy atom. The van der Waals surface area contributed by atoms with Crippen LogP contribution in [0.5, 0.6) is 0 Å². The van der Waals surface area contributed by atoms with Crippen LogP contribution in [0.1, 0.15) is 36.5 Å². The molecule has 6 rings (SSSR count). The molecule has 8 nitrogen and oxygen atoms in total. The second kappa shape index (κ2) is 7.44. The highest BCUT2D eigenvalue weighted by molar-refractivity contribution is 5.94. The summed E-state index contributed by atoms with van der Waals surface area (Å²) < 4.78 is 45.2. The van der Waals surface area contributed by atoms with Gasteiger partial charge >= 0.3 is 6.18 Å². The molecule has 0 saturated carbocycles. The molecule has 2 unspecified atom stereocenters. The minimum Gasteiger partial charge on any atom is -0.399 e. The van der Waals surface area contributed by atoms with Crippen LogP contribution in [0.2, 0.25) is 0 Å². The summed E-state index contributed by atoms with van der Waals surface area (Å²) >= 11 is 0. The number of ether oxygens (including phenoxy) is 1. The van der Waals surface area contributed by atoms with Crippen LogP contribution in [0, 0.1) is 6.92 Å². The molecule has 3 aliphatic rings. The predicted octanol–water partition coefficient (Wildman–Crippen LogP) is 3.48. The minimum absolute atomic E-state index is 0.00630. The van der Waals surface area contributed by atoms with Gasteiger partial charge in [0, 0.05) is 42.2 Å². The van der Waals surface area contributed by atoms with E-state index >= 15 is 0 Å². The molecule has 3 aromatic rings. The van der Waals surface area contributed by atoms with Crippen LogP contribution in [-0.2, 0) is 10.9 Å². The number of fused-ring (bicyclic) bond motifs is 3. The van der Waals surface area contributed by atoms with Gasteiger partial charge in [-0.1, -0.05) is 0 Å². The number of nitrogen functional groups attached to an aromatic ring is 1. The largest absolute Gasteiger partial charge is 0.433 e. The number of rotatable bonds is 4. The van der Waals surface area contributed by atoms with Crippen molar-refractivity contribution < 1.29 is 17.9 Å². The van der Waals surface area contributed by atoms with Gasteiger partial charge in [-0.2, -0.15) is 18.3 Å².